The minimum Gasteiger partial charge on any atom is -0.479 e. The number of carbonyl (C=O) groups excluding carboxylic acids is 1. The zero-order chi connectivity index (χ0) is 14.4. The van der Waals surface area contributed by atoms with Crippen molar-refractivity contribution in [2.24, 2.45) is 0 Å². The van der Waals surface area contributed by atoms with E-state index >= 15 is 0 Å². The number of aliphatic hydroxyl groups is 1. The lowest BCUT2D eigenvalue weighted by Gasteiger charge is -2.09. The third kappa shape index (κ3) is 5.15. The molecule has 0 spiro atoms. The van der Waals surface area contributed by atoms with Crippen molar-refractivity contribution in [3.05, 3.63) is 28.8 Å². The molecule has 19 heavy (non-hydrogen) atoms. The molecule has 2 amide bonds. The molecule has 0 fully saturated rings. The predicted molar refractivity (Wildman–Crippen MR) is 71.5 cm³/mol. The number of carboxylic acids is 1. The third-order valence-corrected chi connectivity index (χ3v) is 2.83. The van der Waals surface area contributed by atoms with Gasteiger partial charge >= 0.3 is 12.0 Å². The monoisotopic (exact) mass is 286 g/mol. The summed E-state index contributed by atoms with van der Waals surface area (Å²) in [6, 6.07) is 4.60. The molecule has 0 aliphatic carbocycles. The van der Waals surface area contributed by atoms with Gasteiger partial charge in [-0.2, -0.15) is 0 Å². The summed E-state index contributed by atoms with van der Waals surface area (Å²) in [5.74, 6) is -1.31. The van der Waals surface area contributed by atoms with Crippen LogP contribution in [0, 0.1) is 6.92 Å². The number of aryl methyl sites for hydroxylation is 1. The fraction of sp³-hybridized carbons (Fsp3) is 0.333. The van der Waals surface area contributed by atoms with Crippen LogP contribution >= 0.6 is 11.6 Å². The summed E-state index contributed by atoms with van der Waals surface area (Å²) in [5, 5.41) is 23.0. The summed E-state index contributed by atoms with van der Waals surface area (Å²) in [4.78, 5) is 21.8. The fourth-order valence-corrected chi connectivity index (χ4v) is 1.47. The average molecular weight is 287 g/mol. The number of hydrogen-bond donors (Lipinski definition) is 4. The number of carbonyl (C=O) groups is 2. The van der Waals surface area contributed by atoms with Crippen LogP contribution in [-0.4, -0.2) is 34.9 Å². The van der Waals surface area contributed by atoms with Gasteiger partial charge < -0.3 is 20.8 Å². The van der Waals surface area contributed by atoms with Crippen LogP contribution in [0.5, 0.6) is 0 Å². The van der Waals surface area contributed by atoms with Crippen LogP contribution in [0.25, 0.3) is 0 Å². The highest BCUT2D eigenvalue weighted by atomic mass is 35.5. The molecule has 0 heterocycles. The topological polar surface area (TPSA) is 98.7 Å². The molecule has 0 aliphatic rings. The smallest absolute Gasteiger partial charge is 0.332 e. The SMILES string of the molecule is Cc1ccc(NC(=O)NCC[C@H](O)C(=O)O)cc1Cl. The van der Waals surface area contributed by atoms with E-state index < -0.39 is 18.1 Å². The van der Waals surface area contributed by atoms with Gasteiger partial charge in [0.2, 0.25) is 0 Å². The molecular formula is C12H15ClN2O4. The molecule has 7 heteroatoms. The number of aliphatic hydroxyl groups excluding tert-OH is 1. The van der Waals surface area contributed by atoms with E-state index in [4.69, 9.17) is 21.8 Å². The van der Waals surface area contributed by atoms with Crippen molar-refractivity contribution in [3.63, 3.8) is 0 Å². The van der Waals surface area contributed by atoms with Gasteiger partial charge in [0.05, 0.1) is 0 Å². The lowest BCUT2D eigenvalue weighted by atomic mass is 10.2. The highest BCUT2D eigenvalue weighted by molar-refractivity contribution is 6.31. The minimum atomic E-state index is -1.48. The average Bonchev–Trinajstić information content (AvgIpc) is 2.33. The van der Waals surface area contributed by atoms with Gasteiger partial charge in [0.1, 0.15) is 0 Å². The standard InChI is InChI=1S/C12H15ClN2O4/c1-7-2-3-8(6-9(7)13)15-12(19)14-5-4-10(16)11(17)18/h2-3,6,10,16H,4-5H2,1H3,(H,17,18)(H2,14,15,19)/t10-/m0/s1. The number of anilines is 1. The van der Waals surface area contributed by atoms with Crippen molar-refractivity contribution in [2.75, 3.05) is 11.9 Å². The molecule has 0 bridgehead atoms. The van der Waals surface area contributed by atoms with Gasteiger partial charge in [-0.1, -0.05) is 17.7 Å². The summed E-state index contributed by atoms with van der Waals surface area (Å²) in [6.07, 6.45) is -1.54. The lowest BCUT2D eigenvalue weighted by Crippen LogP contribution is -2.33. The maximum atomic E-state index is 11.5. The highest BCUT2D eigenvalue weighted by Gasteiger charge is 2.12. The minimum absolute atomic E-state index is 0.0545. The van der Waals surface area contributed by atoms with Gasteiger partial charge in [-0.15, -0.1) is 0 Å². The quantitative estimate of drug-likeness (QED) is 0.661. The number of amides is 2. The first-order valence-electron chi connectivity index (χ1n) is 5.62. The number of aliphatic carboxylic acids is 1. The zero-order valence-electron chi connectivity index (χ0n) is 10.3. The number of urea groups is 1. The molecule has 104 valence electrons. The van der Waals surface area contributed by atoms with E-state index in [1.807, 2.05) is 6.92 Å². The summed E-state index contributed by atoms with van der Waals surface area (Å²) in [6.45, 7) is 1.90. The molecule has 1 aromatic carbocycles. The largest absolute Gasteiger partial charge is 0.479 e. The second kappa shape index (κ2) is 6.96. The van der Waals surface area contributed by atoms with Gasteiger partial charge in [0.15, 0.2) is 6.10 Å². The van der Waals surface area contributed by atoms with E-state index in [1.165, 1.54) is 0 Å². The Balaban J connectivity index is 2.39. The molecule has 0 aliphatic heterocycles. The molecule has 0 saturated carbocycles. The molecule has 1 aromatic rings. The van der Waals surface area contributed by atoms with Crippen molar-refractivity contribution in [1.29, 1.82) is 0 Å². The molecule has 0 saturated heterocycles. The van der Waals surface area contributed by atoms with Crippen molar-refractivity contribution < 1.29 is 19.8 Å². The molecule has 1 rings (SSSR count). The van der Waals surface area contributed by atoms with Crippen LogP contribution < -0.4 is 10.6 Å². The van der Waals surface area contributed by atoms with E-state index in [2.05, 4.69) is 10.6 Å². The first-order valence-corrected chi connectivity index (χ1v) is 6.00. The van der Waals surface area contributed by atoms with Crippen LogP contribution in [0.2, 0.25) is 5.02 Å². The second-order valence-electron chi connectivity index (χ2n) is 3.99. The van der Waals surface area contributed by atoms with E-state index in [0.29, 0.717) is 10.7 Å². The van der Waals surface area contributed by atoms with Gasteiger partial charge in [-0.25, -0.2) is 9.59 Å². The first-order chi connectivity index (χ1) is 8.90. The Hall–Kier alpha value is -1.79. The maximum absolute atomic E-state index is 11.5. The number of halogens is 1. The summed E-state index contributed by atoms with van der Waals surface area (Å²) in [5.41, 5.74) is 1.43. The fourth-order valence-electron chi connectivity index (χ4n) is 1.29. The van der Waals surface area contributed by atoms with E-state index in [0.717, 1.165) is 5.56 Å². The Labute approximate surface area is 115 Å². The van der Waals surface area contributed by atoms with Crippen molar-refractivity contribution in [1.82, 2.24) is 5.32 Å². The number of carboxylic acid groups (broad SMARTS) is 1. The van der Waals surface area contributed by atoms with Crippen LogP contribution in [-0.2, 0) is 4.79 Å². The lowest BCUT2D eigenvalue weighted by molar-refractivity contribution is -0.146. The Morgan fingerprint density at radius 1 is 1.42 bits per heavy atom. The Kier molecular flexibility index (Phi) is 5.59. The number of nitrogens with one attached hydrogen (secondary N) is 2. The highest BCUT2D eigenvalue weighted by Crippen LogP contribution is 2.19. The summed E-state index contributed by atoms with van der Waals surface area (Å²) < 4.78 is 0. The Morgan fingerprint density at radius 2 is 2.11 bits per heavy atom. The molecule has 1 atom stereocenters. The van der Waals surface area contributed by atoms with Crippen LogP contribution in [0.15, 0.2) is 18.2 Å². The number of rotatable bonds is 5. The first kappa shape index (κ1) is 15.3. The van der Waals surface area contributed by atoms with Crippen LogP contribution in [0.4, 0.5) is 10.5 Å². The van der Waals surface area contributed by atoms with Crippen LogP contribution in [0.1, 0.15) is 12.0 Å². The molecule has 6 nitrogen and oxygen atoms in total. The number of hydrogen-bond acceptors (Lipinski definition) is 3. The molecule has 0 radical (unpaired) electrons. The predicted octanol–water partition coefficient (Wildman–Crippen LogP) is 1.61. The Bertz CT molecular complexity index is 479. The molecule has 0 unspecified atom stereocenters. The summed E-state index contributed by atoms with van der Waals surface area (Å²) in [7, 11) is 0. The van der Waals surface area contributed by atoms with Crippen molar-refractivity contribution in [3.8, 4) is 0 Å². The van der Waals surface area contributed by atoms with Crippen LogP contribution in [0.3, 0.4) is 0 Å². The van der Waals surface area contributed by atoms with E-state index in [-0.39, 0.29) is 13.0 Å². The van der Waals surface area contributed by atoms with Crippen molar-refractivity contribution >= 4 is 29.3 Å². The van der Waals surface area contributed by atoms with Gasteiger partial charge in [0, 0.05) is 23.7 Å². The zero-order valence-corrected chi connectivity index (χ0v) is 11.1. The maximum Gasteiger partial charge on any atom is 0.332 e. The van der Waals surface area contributed by atoms with Gasteiger partial charge in [-0.3, -0.25) is 0 Å². The summed E-state index contributed by atoms with van der Waals surface area (Å²) >= 11 is 5.91. The Morgan fingerprint density at radius 3 is 2.68 bits per heavy atom. The third-order valence-electron chi connectivity index (χ3n) is 2.42. The second-order valence-corrected chi connectivity index (χ2v) is 4.39. The van der Waals surface area contributed by atoms with Gasteiger partial charge in [-0.05, 0) is 24.6 Å². The number of benzene rings is 1. The van der Waals surface area contributed by atoms with Crippen molar-refractivity contribution in [2.45, 2.75) is 19.4 Å². The van der Waals surface area contributed by atoms with E-state index in [9.17, 15) is 9.59 Å². The van der Waals surface area contributed by atoms with E-state index in [1.54, 1.807) is 18.2 Å². The normalized spacial score (nSPS) is 11.7. The molecule has 0 aromatic heterocycles. The molecular weight excluding hydrogens is 272 g/mol. The van der Waals surface area contributed by atoms with Gasteiger partial charge in [0.25, 0.3) is 0 Å². The molecule has 4 N–H and O–H groups in total.